The quantitative estimate of drug-likeness (QED) is 0.535. The fourth-order valence-electron chi connectivity index (χ4n) is 1.09. The summed E-state index contributed by atoms with van der Waals surface area (Å²) in [5, 5.41) is 4.25. The molecule has 3 heteroatoms. The van der Waals surface area contributed by atoms with Gasteiger partial charge in [0.25, 0.3) is 0 Å². The van der Waals surface area contributed by atoms with Gasteiger partial charge in [0.15, 0.2) is 0 Å². The summed E-state index contributed by atoms with van der Waals surface area (Å²) in [5.74, 6) is 0. The average Bonchev–Trinajstić information content (AvgIpc) is 2.03. The van der Waals surface area contributed by atoms with Gasteiger partial charge >= 0.3 is 0 Å². The summed E-state index contributed by atoms with van der Waals surface area (Å²) < 4.78 is 4.97. The Morgan fingerprint density at radius 3 is 2.70 bits per heavy atom. The molecule has 1 aliphatic rings. The van der Waals surface area contributed by atoms with E-state index in [1.165, 1.54) is 0 Å². The molecule has 10 heavy (non-hydrogen) atoms. The second kappa shape index (κ2) is 4.66. The summed E-state index contributed by atoms with van der Waals surface area (Å²) >= 11 is 0. The fourth-order valence-corrected chi connectivity index (χ4v) is 1.09. The van der Waals surface area contributed by atoms with E-state index in [1.54, 1.807) is 7.11 Å². The normalized spacial score (nSPS) is 21.3. The van der Waals surface area contributed by atoms with Crippen LogP contribution in [0.1, 0.15) is 0 Å². The summed E-state index contributed by atoms with van der Waals surface area (Å²) in [6.45, 7) is 6.15. The molecule has 1 rings (SSSR count). The van der Waals surface area contributed by atoms with Gasteiger partial charge in [0, 0.05) is 39.8 Å². The third-order valence-electron chi connectivity index (χ3n) is 1.76. The van der Waals surface area contributed by atoms with Gasteiger partial charge in [-0.25, -0.2) is 5.32 Å². The highest BCUT2D eigenvalue weighted by Crippen LogP contribution is 1.91. The molecule has 0 unspecified atom stereocenters. The van der Waals surface area contributed by atoms with Gasteiger partial charge in [0.1, 0.15) is 0 Å². The van der Waals surface area contributed by atoms with Gasteiger partial charge in [-0.3, -0.25) is 4.90 Å². The Labute approximate surface area is 62.3 Å². The topological polar surface area (TPSA) is 26.6 Å². The molecule has 0 N–H and O–H groups in total. The Kier molecular flexibility index (Phi) is 3.72. The van der Waals surface area contributed by atoms with Crippen molar-refractivity contribution in [1.29, 1.82) is 0 Å². The van der Waals surface area contributed by atoms with Crippen LogP contribution in [0.5, 0.6) is 0 Å². The zero-order valence-corrected chi connectivity index (χ0v) is 6.55. The number of methoxy groups -OCH3 is 1. The molecular weight excluding hydrogens is 128 g/mol. The molecule has 1 aliphatic heterocycles. The number of nitrogens with zero attached hydrogens (tertiary/aromatic N) is 2. The fraction of sp³-hybridized carbons (Fsp3) is 1.00. The molecule has 0 aromatic rings. The predicted octanol–water partition coefficient (Wildman–Crippen LogP) is -0.447. The van der Waals surface area contributed by atoms with Crippen molar-refractivity contribution in [2.75, 3.05) is 46.4 Å². The van der Waals surface area contributed by atoms with E-state index in [2.05, 4.69) is 10.2 Å². The van der Waals surface area contributed by atoms with E-state index < -0.39 is 0 Å². The highest BCUT2D eigenvalue weighted by molar-refractivity contribution is 4.66. The molecular formula is C7H15N2O. The molecule has 0 aliphatic carbocycles. The van der Waals surface area contributed by atoms with Crippen LogP contribution in [-0.4, -0.2) is 51.3 Å². The molecule has 1 saturated heterocycles. The Morgan fingerprint density at radius 1 is 1.40 bits per heavy atom. The lowest BCUT2D eigenvalue weighted by Gasteiger charge is -2.25. The van der Waals surface area contributed by atoms with Crippen molar-refractivity contribution in [3.8, 4) is 0 Å². The van der Waals surface area contributed by atoms with Crippen molar-refractivity contribution in [3.63, 3.8) is 0 Å². The molecule has 0 aromatic carbocycles. The van der Waals surface area contributed by atoms with Crippen molar-refractivity contribution < 1.29 is 4.74 Å². The first-order valence-electron chi connectivity index (χ1n) is 3.78. The summed E-state index contributed by atoms with van der Waals surface area (Å²) in [6, 6.07) is 0. The monoisotopic (exact) mass is 143 g/mol. The van der Waals surface area contributed by atoms with Crippen LogP contribution in [0.15, 0.2) is 0 Å². The molecule has 1 heterocycles. The standard InChI is InChI=1S/C7H15N2O/c1-10-7-6-9-4-2-8-3-5-9/h2-7H2,1H3. The van der Waals surface area contributed by atoms with Crippen molar-refractivity contribution in [3.05, 3.63) is 0 Å². The van der Waals surface area contributed by atoms with E-state index in [4.69, 9.17) is 4.74 Å². The zero-order valence-electron chi connectivity index (χ0n) is 6.55. The van der Waals surface area contributed by atoms with Crippen LogP contribution < -0.4 is 5.32 Å². The second-order valence-corrected chi connectivity index (χ2v) is 2.51. The lowest BCUT2D eigenvalue weighted by atomic mass is 10.4. The van der Waals surface area contributed by atoms with Gasteiger partial charge in [-0.05, 0) is 0 Å². The molecule has 0 atom stereocenters. The van der Waals surface area contributed by atoms with Gasteiger partial charge in [0.05, 0.1) is 6.61 Å². The van der Waals surface area contributed by atoms with E-state index in [0.717, 1.165) is 39.3 Å². The minimum Gasteiger partial charge on any atom is -0.383 e. The summed E-state index contributed by atoms with van der Waals surface area (Å²) in [6.07, 6.45) is 0. The summed E-state index contributed by atoms with van der Waals surface area (Å²) in [5.41, 5.74) is 0. The first kappa shape index (κ1) is 7.98. The number of rotatable bonds is 3. The minimum absolute atomic E-state index is 0.847. The number of piperazine rings is 1. The highest BCUT2D eigenvalue weighted by atomic mass is 16.5. The first-order chi connectivity index (χ1) is 4.93. The van der Waals surface area contributed by atoms with E-state index in [0.29, 0.717) is 0 Å². The third kappa shape index (κ3) is 2.64. The molecule has 0 bridgehead atoms. The van der Waals surface area contributed by atoms with Crippen LogP contribution in [0, 0.1) is 0 Å². The van der Waals surface area contributed by atoms with Crippen LogP contribution >= 0.6 is 0 Å². The largest absolute Gasteiger partial charge is 0.383 e. The van der Waals surface area contributed by atoms with Crippen molar-refractivity contribution >= 4 is 0 Å². The Balaban J connectivity index is 2.02. The smallest absolute Gasteiger partial charge is 0.0589 e. The third-order valence-corrected chi connectivity index (χ3v) is 1.76. The number of hydrogen-bond acceptors (Lipinski definition) is 2. The number of ether oxygens (including phenoxy) is 1. The summed E-state index contributed by atoms with van der Waals surface area (Å²) in [4.78, 5) is 2.39. The molecule has 0 aromatic heterocycles. The maximum Gasteiger partial charge on any atom is 0.0589 e. The van der Waals surface area contributed by atoms with Crippen LogP contribution in [-0.2, 0) is 4.74 Å². The van der Waals surface area contributed by atoms with Crippen LogP contribution in [0.25, 0.3) is 0 Å². The maximum atomic E-state index is 4.97. The van der Waals surface area contributed by atoms with E-state index >= 15 is 0 Å². The van der Waals surface area contributed by atoms with Gasteiger partial charge in [0.2, 0.25) is 0 Å². The van der Waals surface area contributed by atoms with E-state index in [-0.39, 0.29) is 0 Å². The van der Waals surface area contributed by atoms with Gasteiger partial charge < -0.3 is 4.74 Å². The Bertz CT molecular complexity index is 81.7. The average molecular weight is 143 g/mol. The number of hydrogen-bond donors (Lipinski definition) is 0. The lowest BCUT2D eigenvalue weighted by molar-refractivity contribution is 0.139. The highest BCUT2D eigenvalue weighted by Gasteiger charge is 2.08. The van der Waals surface area contributed by atoms with Crippen molar-refractivity contribution in [2.24, 2.45) is 0 Å². The molecule has 0 saturated carbocycles. The van der Waals surface area contributed by atoms with Crippen LogP contribution in [0.2, 0.25) is 0 Å². The van der Waals surface area contributed by atoms with Crippen LogP contribution in [0.4, 0.5) is 0 Å². The van der Waals surface area contributed by atoms with Crippen molar-refractivity contribution in [1.82, 2.24) is 10.2 Å². The van der Waals surface area contributed by atoms with Gasteiger partial charge in [-0.2, -0.15) is 0 Å². The second-order valence-electron chi connectivity index (χ2n) is 2.51. The van der Waals surface area contributed by atoms with Gasteiger partial charge in [-0.1, -0.05) is 0 Å². The lowest BCUT2D eigenvalue weighted by Crippen LogP contribution is -2.41. The molecule has 1 fully saturated rings. The predicted molar refractivity (Wildman–Crippen MR) is 40.2 cm³/mol. The maximum absolute atomic E-state index is 4.97. The first-order valence-corrected chi connectivity index (χ1v) is 3.78. The molecule has 0 spiro atoms. The molecule has 59 valence electrons. The van der Waals surface area contributed by atoms with E-state index in [1.807, 2.05) is 0 Å². The Morgan fingerprint density at radius 2 is 2.10 bits per heavy atom. The SMILES string of the molecule is COCCN1CC[N]CC1. The van der Waals surface area contributed by atoms with Crippen molar-refractivity contribution in [2.45, 2.75) is 0 Å². The Hall–Kier alpha value is -0.120. The van der Waals surface area contributed by atoms with Crippen LogP contribution in [0.3, 0.4) is 0 Å². The molecule has 0 amide bonds. The molecule has 3 nitrogen and oxygen atoms in total. The van der Waals surface area contributed by atoms with Gasteiger partial charge in [-0.15, -0.1) is 0 Å². The van der Waals surface area contributed by atoms with E-state index in [9.17, 15) is 0 Å². The summed E-state index contributed by atoms with van der Waals surface area (Å²) in [7, 11) is 1.74. The zero-order chi connectivity index (χ0) is 7.23. The minimum atomic E-state index is 0.847. The molecule has 1 radical (unpaired) electrons.